The molecule has 234 valence electrons. The van der Waals surface area contributed by atoms with Crippen LogP contribution in [0.1, 0.15) is 36.2 Å². The Morgan fingerprint density at radius 2 is 1.50 bits per heavy atom. The van der Waals surface area contributed by atoms with Crippen LogP contribution in [0.5, 0.6) is 0 Å². The Kier molecular flexibility index (Phi) is 9.01. The highest BCUT2D eigenvalue weighted by Gasteiger charge is 2.28. The minimum absolute atomic E-state index is 0.0377. The van der Waals surface area contributed by atoms with Crippen LogP contribution in [0.15, 0.2) is 54.6 Å². The number of carbonyl (C=O) groups is 1. The highest BCUT2D eigenvalue weighted by Crippen LogP contribution is 2.32. The fraction of sp³-hybridized carbons (Fsp3) is 0.469. The van der Waals surface area contributed by atoms with Crippen LogP contribution >= 0.6 is 0 Å². The Labute approximate surface area is 259 Å². The molecule has 0 aliphatic carbocycles. The van der Waals surface area contributed by atoms with Gasteiger partial charge in [0, 0.05) is 68.3 Å². The first-order valence-corrected chi connectivity index (χ1v) is 17.3. The molecule has 12 heteroatoms. The molecule has 2 aromatic carbocycles. The molecular weight excluding hydrogens is 576 g/mol. The van der Waals surface area contributed by atoms with Crippen LogP contribution in [0.25, 0.3) is 11.3 Å². The largest absolute Gasteiger partial charge is 0.371 e. The van der Waals surface area contributed by atoms with Crippen molar-refractivity contribution in [2.24, 2.45) is 5.73 Å². The SMILES string of the molecule is CN1CCN(C2CCN(c3ccc(Nc4nc(NC5CCS(=O)(=O)CC5)c(-c5ccccc5)nc4C(N)=O)cc3)CC2)CC1. The molecule has 1 aromatic heterocycles. The molecule has 6 rings (SSSR count). The first-order chi connectivity index (χ1) is 21.2. The van der Waals surface area contributed by atoms with Crippen LogP contribution in [0.3, 0.4) is 0 Å². The third kappa shape index (κ3) is 7.14. The molecule has 1 amide bonds. The Hall–Kier alpha value is -3.74. The maximum absolute atomic E-state index is 12.6. The number of primary amides is 1. The molecule has 11 nitrogen and oxygen atoms in total. The van der Waals surface area contributed by atoms with E-state index in [0.29, 0.717) is 30.4 Å². The van der Waals surface area contributed by atoms with Crippen molar-refractivity contribution in [2.45, 2.75) is 37.8 Å². The summed E-state index contributed by atoms with van der Waals surface area (Å²) in [7, 11) is -0.818. The summed E-state index contributed by atoms with van der Waals surface area (Å²) < 4.78 is 24.0. The maximum atomic E-state index is 12.6. The summed E-state index contributed by atoms with van der Waals surface area (Å²) in [5.74, 6) is 0.302. The number of benzene rings is 2. The minimum atomic E-state index is -3.02. The Morgan fingerprint density at radius 1 is 0.841 bits per heavy atom. The number of anilines is 4. The number of carbonyl (C=O) groups excluding carboxylic acids is 1. The van der Waals surface area contributed by atoms with E-state index in [9.17, 15) is 13.2 Å². The number of likely N-dealkylation sites (N-methyl/N-ethyl adjacent to an activating group) is 1. The number of aromatic nitrogens is 2. The first kappa shape index (κ1) is 30.3. The van der Waals surface area contributed by atoms with Crippen molar-refractivity contribution in [2.75, 3.05) is 73.4 Å². The lowest BCUT2D eigenvalue weighted by molar-refractivity contribution is 0.0982. The summed E-state index contributed by atoms with van der Waals surface area (Å²) in [5, 5.41) is 6.68. The van der Waals surface area contributed by atoms with E-state index in [1.165, 1.54) is 5.69 Å². The molecule has 0 bridgehead atoms. The van der Waals surface area contributed by atoms with Crippen LogP contribution in [0, 0.1) is 0 Å². The van der Waals surface area contributed by atoms with Crippen molar-refractivity contribution in [1.29, 1.82) is 0 Å². The predicted octanol–water partition coefficient (Wildman–Crippen LogP) is 3.19. The van der Waals surface area contributed by atoms with Gasteiger partial charge in [-0.1, -0.05) is 30.3 Å². The number of amides is 1. The Balaban J connectivity index is 1.19. The quantitative estimate of drug-likeness (QED) is 0.345. The van der Waals surface area contributed by atoms with Gasteiger partial charge in [0.15, 0.2) is 17.3 Å². The lowest BCUT2D eigenvalue weighted by atomic mass is 10.0. The van der Waals surface area contributed by atoms with Gasteiger partial charge in [-0.2, -0.15) is 0 Å². The fourth-order valence-electron chi connectivity index (χ4n) is 6.39. The number of sulfone groups is 1. The van der Waals surface area contributed by atoms with Crippen molar-refractivity contribution < 1.29 is 13.2 Å². The van der Waals surface area contributed by atoms with E-state index in [2.05, 4.69) is 49.5 Å². The topological polar surface area (TPSA) is 137 Å². The van der Waals surface area contributed by atoms with Crippen LogP contribution in [0.4, 0.5) is 23.0 Å². The normalized spacial score (nSPS) is 20.3. The van der Waals surface area contributed by atoms with Crippen molar-refractivity contribution in [1.82, 2.24) is 19.8 Å². The Morgan fingerprint density at radius 3 is 2.14 bits per heavy atom. The second-order valence-corrected chi connectivity index (χ2v) is 14.5. The van der Waals surface area contributed by atoms with Crippen LogP contribution < -0.4 is 21.3 Å². The van der Waals surface area contributed by atoms with Crippen molar-refractivity contribution >= 4 is 38.8 Å². The number of nitrogens with two attached hydrogens (primary N) is 1. The van der Waals surface area contributed by atoms with E-state index >= 15 is 0 Å². The predicted molar refractivity (Wildman–Crippen MR) is 175 cm³/mol. The molecule has 0 atom stereocenters. The molecule has 3 saturated heterocycles. The van der Waals surface area contributed by atoms with E-state index in [0.717, 1.165) is 63.4 Å². The second kappa shape index (κ2) is 13.1. The lowest BCUT2D eigenvalue weighted by Gasteiger charge is -2.42. The maximum Gasteiger partial charge on any atom is 0.271 e. The molecule has 0 radical (unpaired) electrons. The molecule has 4 N–H and O–H groups in total. The van der Waals surface area contributed by atoms with E-state index in [1.54, 1.807) is 0 Å². The number of hydrogen-bond donors (Lipinski definition) is 3. The van der Waals surface area contributed by atoms with Gasteiger partial charge in [-0.3, -0.25) is 9.69 Å². The van der Waals surface area contributed by atoms with Gasteiger partial charge in [0.2, 0.25) is 0 Å². The monoisotopic (exact) mass is 618 g/mol. The number of piperidine rings is 1. The number of piperazine rings is 1. The summed E-state index contributed by atoms with van der Waals surface area (Å²) in [6.07, 6.45) is 3.29. The summed E-state index contributed by atoms with van der Waals surface area (Å²) in [6, 6.07) is 18.2. The molecule has 0 spiro atoms. The average Bonchev–Trinajstić information content (AvgIpc) is 3.03. The smallest absolute Gasteiger partial charge is 0.271 e. The van der Waals surface area contributed by atoms with Crippen molar-refractivity contribution in [3.8, 4) is 11.3 Å². The molecule has 3 aliphatic rings. The lowest BCUT2D eigenvalue weighted by Crippen LogP contribution is -2.52. The summed E-state index contributed by atoms with van der Waals surface area (Å²) in [6.45, 7) is 6.66. The molecule has 3 fully saturated rings. The van der Waals surface area contributed by atoms with Gasteiger partial charge in [0.1, 0.15) is 15.5 Å². The fourth-order valence-corrected chi connectivity index (χ4v) is 7.88. The van der Waals surface area contributed by atoms with Gasteiger partial charge in [-0.15, -0.1) is 0 Å². The van der Waals surface area contributed by atoms with Crippen LogP contribution in [0.2, 0.25) is 0 Å². The van der Waals surface area contributed by atoms with Gasteiger partial charge in [-0.25, -0.2) is 18.4 Å². The molecule has 3 aromatic rings. The van der Waals surface area contributed by atoms with Gasteiger partial charge < -0.3 is 26.2 Å². The van der Waals surface area contributed by atoms with Crippen molar-refractivity contribution in [3.05, 3.63) is 60.3 Å². The van der Waals surface area contributed by atoms with Crippen LogP contribution in [-0.4, -0.2) is 104 Å². The van der Waals surface area contributed by atoms with Gasteiger partial charge in [0.05, 0.1) is 11.5 Å². The molecule has 44 heavy (non-hydrogen) atoms. The van der Waals surface area contributed by atoms with E-state index in [1.807, 2.05) is 42.5 Å². The number of nitrogens with zero attached hydrogens (tertiary/aromatic N) is 5. The third-order valence-electron chi connectivity index (χ3n) is 9.09. The van der Waals surface area contributed by atoms with Crippen LogP contribution in [-0.2, 0) is 9.84 Å². The van der Waals surface area contributed by atoms with E-state index in [-0.39, 0.29) is 29.1 Å². The number of nitrogens with one attached hydrogen (secondary N) is 2. The summed E-state index contributed by atoms with van der Waals surface area (Å²) in [4.78, 5) is 29.6. The zero-order valence-corrected chi connectivity index (χ0v) is 26.1. The summed E-state index contributed by atoms with van der Waals surface area (Å²) >= 11 is 0. The molecular formula is C32H42N8O3S. The van der Waals surface area contributed by atoms with Crippen molar-refractivity contribution in [3.63, 3.8) is 0 Å². The minimum Gasteiger partial charge on any atom is -0.371 e. The highest BCUT2D eigenvalue weighted by atomic mass is 32.2. The van der Waals surface area contributed by atoms with E-state index in [4.69, 9.17) is 10.7 Å². The van der Waals surface area contributed by atoms with Gasteiger partial charge in [0.25, 0.3) is 5.91 Å². The standard InChI is InChI=1S/C32H42N8O3S/c1-38-17-19-40(20-18-38)27-11-15-39(16-12-27)26-9-7-24(8-10-26)34-32-29(30(33)41)36-28(23-5-3-2-4-6-23)31(37-32)35-25-13-21-44(42,43)22-14-25/h2-10,25,27H,11-22H2,1H3,(H2,33,41)(H2,34,35,37). The zero-order valence-electron chi connectivity index (χ0n) is 25.3. The molecule has 3 aliphatic heterocycles. The third-order valence-corrected chi connectivity index (χ3v) is 10.8. The van der Waals surface area contributed by atoms with Gasteiger partial charge >= 0.3 is 0 Å². The highest BCUT2D eigenvalue weighted by molar-refractivity contribution is 7.91. The van der Waals surface area contributed by atoms with E-state index < -0.39 is 15.7 Å². The summed E-state index contributed by atoms with van der Waals surface area (Å²) in [5.41, 5.74) is 9.04. The average molecular weight is 619 g/mol. The molecule has 0 saturated carbocycles. The Bertz CT molecular complexity index is 1540. The first-order valence-electron chi connectivity index (χ1n) is 15.5. The molecule has 4 heterocycles. The molecule has 0 unspecified atom stereocenters. The van der Waals surface area contributed by atoms with Gasteiger partial charge in [-0.05, 0) is 57.0 Å². The number of rotatable bonds is 8. The zero-order chi connectivity index (χ0) is 30.7. The number of hydrogen-bond acceptors (Lipinski definition) is 10. The second-order valence-electron chi connectivity index (χ2n) is 12.1.